The number of halogens is 3. The molecule has 0 amide bonds. The number of nitrogens with zero attached hydrogens (tertiary/aromatic N) is 2. The largest absolute Gasteiger partial charge is 0.490 e. The first-order valence-corrected chi connectivity index (χ1v) is 13.0. The van der Waals surface area contributed by atoms with Crippen molar-refractivity contribution < 1.29 is 32.5 Å². The van der Waals surface area contributed by atoms with Gasteiger partial charge in [0.25, 0.3) is 0 Å². The SMILES string of the molecule is NCc1ccc(C(Oc2cc(-c3ccc(CC(N)C(=O)O)cc3)nc(N)n2)C(F)(F)F)c(OC2CCCCC2)c1. The van der Waals surface area contributed by atoms with E-state index in [0.29, 0.717) is 16.7 Å². The van der Waals surface area contributed by atoms with E-state index in [0.717, 1.165) is 32.1 Å². The first-order chi connectivity index (χ1) is 19.0. The molecule has 214 valence electrons. The van der Waals surface area contributed by atoms with Crippen molar-refractivity contribution in [2.75, 3.05) is 5.73 Å². The Morgan fingerprint density at radius 1 is 1.02 bits per heavy atom. The molecule has 0 aliphatic heterocycles. The molecule has 2 atom stereocenters. The van der Waals surface area contributed by atoms with Gasteiger partial charge in [-0.05, 0) is 49.3 Å². The zero-order chi connectivity index (χ0) is 28.9. The van der Waals surface area contributed by atoms with Crippen molar-refractivity contribution in [3.05, 3.63) is 65.2 Å². The van der Waals surface area contributed by atoms with Gasteiger partial charge in [-0.25, -0.2) is 4.98 Å². The van der Waals surface area contributed by atoms with Crippen LogP contribution < -0.4 is 26.7 Å². The van der Waals surface area contributed by atoms with Crippen LogP contribution in [0.1, 0.15) is 54.9 Å². The third-order valence-corrected chi connectivity index (χ3v) is 6.72. The Kier molecular flexibility index (Phi) is 9.10. The summed E-state index contributed by atoms with van der Waals surface area (Å²) in [5, 5.41) is 9.01. The molecule has 4 rings (SSSR count). The molecule has 0 spiro atoms. The van der Waals surface area contributed by atoms with Gasteiger partial charge in [-0.15, -0.1) is 0 Å². The molecule has 1 aromatic heterocycles. The Hall–Kier alpha value is -3.90. The van der Waals surface area contributed by atoms with Crippen LogP contribution in [0.4, 0.5) is 19.1 Å². The molecule has 0 saturated heterocycles. The number of carboxylic acids is 1. The van der Waals surface area contributed by atoms with Gasteiger partial charge in [0.05, 0.1) is 11.8 Å². The summed E-state index contributed by atoms with van der Waals surface area (Å²) in [4.78, 5) is 19.0. The van der Waals surface area contributed by atoms with E-state index < -0.39 is 24.3 Å². The molecule has 12 heteroatoms. The minimum Gasteiger partial charge on any atom is -0.490 e. The van der Waals surface area contributed by atoms with Gasteiger partial charge in [0, 0.05) is 23.7 Å². The minimum absolute atomic E-state index is 0.0783. The molecule has 1 aliphatic rings. The van der Waals surface area contributed by atoms with Crippen LogP contribution in [-0.4, -0.2) is 39.4 Å². The molecule has 2 aromatic carbocycles. The average Bonchev–Trinajstić information content (AvgIpc) is 2.92. The third-order valence-electron chi connectivity index (χ3n) is 6.72. The number of anilines is 1. The highest BCUT2D eigenvalue weighted by molar-refractivity contribution is 5.73. The van der Waals surface area contributed by atoms with Crippen LogP contribution in [0.5, 0.6) is 11.6 Å². The predicted molar refractivity (Wildman–Crippen MR) is 142 cm³/mol. The highest BCUT2D eigenvalue weighted by Crippen LogP contribution is 2.42. The second kappa shape index (κ2) is 12.5. The molecule has 1 saturated carbocycles. The molecule has 1 aliphatic carbocycles. The van der Waals surface area contributed by atoms with Crippen molar-refractivity contribution in [1.29, 1.82) is 0 Å². The molecule has 0 bridgehead atoms. The summed E-state index contributed by atoms with van der Waals surface area (Å²) >= 11 is 0. The molecule has 2 unspecified atom stereocenters. The smallest absolute Gasteiger partial charge is 0.429 e. The average molecular weight is 560 g/mol. The lowest BCUT2D eigenvalue weighted by molar-refractivity contribution is -0.199. The van der Waals surface area contributed by atoms with Gasteiger partial charge < -0.3 is 31.8 Å². The fraction of sp³-hybridized carbons (Fsp3) is 0.393. The van der Waals surface area contributed by atoms with Crippen molar-refractivity contribution in [3.8, 4) is 22.9 Å². The number of aliphatic carboxylic acids is 1. The first-order valence-electron chi connectivity index (χ1n) is 13.0. The summed E-state index contributed by atoms with van der Waals surface area (Å²) in [5.41, 5.74) is 19.0. The maximum Gasteiger partial charge on any atom is 0.429 e. The first kappa shape index (κ1) is 29.1. The second-order valence-corrected chi connectivity index (χ2v) is 9.79. The zero-order valence-corrected chi connectivity index (χ0v) is 21.7. The van der Waals surface area contributed by atoms with Crippen LogP contribution in [0.3, 0.4) is 0 Å². The van der Waals surface area contributed by atoms with Crippen LogP contribution >= 0.6 is 0 Å². The number of benzene rings is 2. The van der Waals surface area contributed by atoms with E-state index in [4.69, 9.17) is 31.8 Å². The molecule has 7 N–H and O–H groups in total. The number of ether oxygens (including phenoxy) is 2. The van der Waals surface area contributed by atoms with E-state index in [-0.39, 0.29) is 47.9 Å². The Morgan fingerprint density at radius 3 is 2.33 bits per heavy atom. The fourth-order valence-corrected chi connectivity index (χ4v) is 4.62. The van der Waals surface area contributed by atoms with Gasteiger partial charge in [-0.1, -0.05) is 42.8 Å². The number of aromatic nitrogens is 2. The second-order valence-electron chi connectivity index (χ2n) is 9.79. The standard InChI is InChI=1S/C28H32F3N5O4/c29-28(30,31)25(20-11-8-17(15-32)13-23(20)39-19-4-2-1-3-5-19)40-24-14-22(35-27(34)36-24)18-9-6-16(7-10-18)12-21(33)26(37)38/h6-11,13-14,19,21,25H,1-5,12,15,32-33H2,(H,37,38)(H2,34,35,36). The van der Waals surface area contributed by atoms with E-state index in [1.807, 2.05) is 0 Å². The maximum absolute atomic E-state index is 14.4. The molecule has 1 fully saturated rings. The lowest BCUT2D eigenvalue weighted by Crippen LogP contribution is -2.32. The van der Waals surface area contributed by atoms with Gasteiger partial charge >= 0.3 is 12.1 Å². The number of nitrogen functional groups attached to an aromatic ring is 1. The van der Waals surface area contributed by atoms with Gasteiger partial charge in [-0.2, -0.15) is 18.2 Å². The zero-order valence-electron chi connectivity index (χ0n) is 21.7. The van der Waals surface area contributed by atoms with Gasteiger partial charge in [0.1, 0.15) is 11.8 Å². The number of hydrogen-bond donors (Lipinski definition) is 4. The quantitative estimate of drug-likeness (QED) is 0.280. The van der Waals surface area contributed by atoms with Crippen molar-refractivity contribution in [2.45, 2.75) is 69.5 Å². The van der Waals surface area contributed by atoms with Gasteiger partial charge in [-0.3, -0.25) is 4.79 Å². The summed E-state index contributed by atoms with van der Waals surface area (Å²) < 4.78 is 54.8. The number of carboxylic acid groups (broad SMARTS) is 1. The minimum atomic E-state index is -4.81. The van der Waals surface area contributed by atoms with Crippen LogP contribution in [-0.2, 0) is 17.8 Å². The van der Waals surface area contributed by atoms with Crippen LogP contribution in [0.2, 0.25) is 0 Å². The highest BCUT2D eigenvalue weighted by atomic mass is 19.4. The molecule has 1 heterocycles. The Morgan fingerprint density at radius 2 is 1.70 bits per heavy atom. The van der Waals surface area contributed by atoms with Crippen molar-refractivity contribution in [2.24, 2.45) is 11.5 Å². The van der Waals surface area contributed by atoms with Crippen LogP contribution in [0.15, 0.2) is 48.5 Å². The fourth-order valence-electron chi connectivity index (χ4n) is 4.62. The molecular weight excluding hydrogens is 527 g/mol. The van der Waals surface area contributed by atoms with Crippen LogP contribution in [0.25, 0.3) is 11.3 Å². The maximum atomic E-state index is 14.4. The summed E-state index contributed by atoms with van der Waals surface area (Å²) in [5.74, 6) is -1.69. The van der Waals surface area contributed by atoms with E-state index in [1.165, 1.54) is 24.3 Å². The van der Waals surface area contributed by atoms with E-state index in [9.17, 15) is 18.0 Å². The van der Waals surface area contributed by atoms with E-state index >= 15 is 0 Å². The van der Waals surface area contributed by atoms with E-state index in [1.54, 1.807) is 24.3 Å². The summed E-state index contributed by atoms with van der Waals surface area (Å²) in [6.07, 6.45) is -2.79. The molecule has 3 aromatic rings. The van der Waals surface area contributed by atoms with Crippen molar-refractivity contribution >= 4 is 11.9 Å². The number of alkyl halides is 3. The number of carbonyl (C=O) groups is 1. The van der Waals surface area contributed by atoms with Crippen LogP contribution in [0, 0.1) is 0 Å². The van der Waals surface area contributed by atoms with Crippen molar-refractivity contribution in [1.82, 2.24) is 9.97 Å². The summed E-state index contributed by atoms with van der Waals surface area (Å²) in [6, 6.07) is 11.2. The Bertz CT molecular complexity index is 1310. The predicted octanol–water partition coefficient (Wildman–Crippen LogP) is 4.53. The highest BCUT2D eigenvalue weighted by Gasteiger charge is 2.45. The molecule has 40 heavy (non-hydrogen) atoms. The third kappa shape index (κ3) is 7.39. The monoisotopic (exact) mass is 559 g/mol. The molecule has 0 radical (unpaired) electrons. The lowest BCUT2D eigenvalue weighted by Gasteiger charge is -2.28. The molecule has 9 nitrogen and oxygen atoms in total. The Labute approximate surface area is 229 Å². The van der Waals surface area contributed by atoms with E-state index in [2.05, 4.69) is 9.97 Å². The van der Waals surface area contributed by atoms with Gasteiger partial charge in [0.15, 0.2) is 0 Å². The Balaban J connectivity index is 1.63. The van der Waals surface area contributed by atoms with Gasteiger partial charge in [0.2, 0.25) is 17.9 Å². The topological polar surface area (TPSA) is 160 Å². The number of nitrogens with two attached hydrogens (primary N) is 3. The number of hydrogen-bond acceptors (Lipinski definition) is 8. The van der Waals surface area contributed by atoms with Crippen molar-refractivity contribution in [3.63, 3.8) is 0 Å². The molecular formula is C28H32F3N5O4. The summed E-state index contributed by atoms with van der Waals surface area (Å²) in [6.45, 7) is 0.145. The summed E-state index contributed by atoms with van der Waals surface area (Å²) in [7, 11) is 0. The lowest BCUT2D eigenvalue weighted by atomic mass is 9.97. The number of rotatable bonds is 10. The normalized spacial score (nSPS) is 15.8.